The smallest absolute Gasteiger partial charge is 0.337 e. The van der Waals surface area contributed by atoms with Crippen molar-refractivity contribution in [3.8, 4) is 0 Å². The van der Waals surface area contributed by atoms with Gasteiger partial charge in [-0.1, -0.05) is 11.6 Å². The van der Waals surface area contributed by atoms with Gasteiger partial charge in [0.05, 0.1) is 10.6 Å². The van der Waals surface area contributed by atoms with Gasteiger partial charge >= 0.3 is 5.97 Å². The lowest BCUT2D eigenvalue weighted by molar-refractivity contribution is -0.130. The van der Waals surface area contributed by atoms with Crippen molar-refractivity contribution in [3.05, 3.63) is 28.8 Å². The SMILES string of the molecule is O=C(O)c1ccc(N2C[C@H]3CNCC[C@@]3(F)C2=O)cc1Cl. The van der Waals surface area contributed by atoms with Gasteiger partial charge < -0.3 is 15.3 Å². The second-order valence-corrected chi connectivity index (χ2v) is 5.81. The van der Waals surface area contributed by atoms with E-state index >= 15 is 0 Å². The van der Waals surface area contributed by atoms with Gasteiger partial charge in [-0.15, -0.1) is 0 Å². The molecule has 2 aliphatic heterocycles. The van der Waals surface area contributed by atoms with Crippen LogP contribution in [0.4, 0.5) is 10.1 Å². The molecule has 0 unspecified atom stereocenters. The summed E-state index contributed by atoms with van der Waals surface area (Å²) in [5.41, 5.74) is -1.44. The third-order valence-electron chi connectivity index (χ3n) is 4.20. The lowest BCUT2D eigenvalue weighted by atomic mass is 9.86. The summed E-state index contributed by atoms with van der Waals surface area (Å²) < 4.78 is 14.8. The van der Waals surface area contributed by atoms with E-state index in [0.717, 1.165) is 0 Å². The van der Waals surface area contributed by atoms with E-state index in [1.807, 2.05) is 0 Å². The van der Waals surface area contributed by atoms with Gasteiger partial charge in [0.1, 0.15) is 0 Å². The van der Waals surface area contributed by atoms with Crippen molar-refractivity contribution in [2.45, 2.75) is 12.1 Å². The number of fused-ring (bicyclic) bond motifs is 1. The maximum Gasteiger partial charge on any atom is 0.337 e. The molecule has 2 N–H and O–H groups in total. The molecule has 1 aromatic carbocycles. The van der Waals surface area contributed by atoms with Crippen molar-refractivity contribution in [1.82, 2.24) is 5.32 Å². The minimum absolute atomic E-state index is 0.0358. The number of hydrogen-bond donors (Lipinski definition) is 2. The molecule has 0 aromatic heterocycles. The van der Waals surface area contributed by atoms with E-state index < -0.39 is 23.5 Å². The van der Waals surface area contributed by atoms with Crippen LogP contribution in [-0.2, 0) is 4.79 Å². The van der Waals surface area contributed by atoms with Gasteiger partial charge in [-0.2, -0.15) is 0 Å². The molecule has 0 spiro atoms. The minimum Gasteiger partial charge on any atom is -0.478 e. The topological polar surface area (TPSA) is 69.6 Å². The summed E-state index contributed by atoms with van der Waals surface area (Å²) in [5.74, 6) is -2.09. The van der Waals surface area contributed by atoms with Crippen LogP contribution in [-0.4, -0.2) is 42.3 Å². The van der Waals surface area contributed by atoms with Gasteiger partial charge in [0, 0.05) is 31.1 Å². The number of amides is 1. The van der Waals surface area contributed by atoms with Crippen LogP contribution in [0.15, 0.2) is 18.2 Å². The molecule has 2 heterocycles. The van der Waals surface area contributed by atoms with E-state index in [-0.39, 0.29) is 23.6 Å². The highest BCUT2D eigenvalue weighted by atomic mass is 35.5. The number of carboxylic acids is 1. The van der Waals surface area contributed by atoms with Crippen molar-refractivity contribution in [2.24, 2.45) is 5.92 Å². The van der Waals surface area contributed by atoms with Gasteiger partial charge in [0.15, 0.2) is 5.67 Å². The molecular formula is C14H14ClFN2O3. The highest BCUT2D eigenvalue weighted by Gasteiger charge is 2.56. The van der Waals surface area contributed by atoms with Gasteiger partial charge in [-0.3, -0.25) is 4.79 Å². The quantitative estimate of drug-likeness (QED) is 0.872. The van der Waals surface area contributed by atoms with Crippen molar-refractivity contribution >= 4 is 29.2 Å². The van der Waals surface area contributed by atoms with Crippen LogP contribution in [0.5, 0.6) is 0 Å². The van der Waals surface area contributed by atoms with Gasteiger partial charge in [0.25, 0.3) is 5.91 Å². The van der Waals surface area contributed by atoms with Gasteiger partial charge in [0.2, 0.25) is 0 Å². The molecule has 1 aromatic rings. The number of hydrogen-bond acceptors (Lipinski definition) is 3. The van der Waals surface area contributed by atoms with E-state index in [1.165, 1.54) is 23.1 Å². The fraction of sp³-hybridized carbons (Fsp3) is 0.429. The van der Waals surface area contributed by atoms with Crippen LogP contribution in [0.1, 0.15) is 16.8 Å². The van der Waals surface area contributed by atoms with E-state index in [0.29, 0.717) is 18.8 Å². The Morgan fingerprint density at radius 3 is 2.90 bits per heavy atom. The molecule has 0 saturated carbocycles. The maximum absolute atomic E-state index is 14.8. The maximum atomic E-state index is 14.8. The fourth-order valence-corrected chi connectivity index (χ4v) is 3.25. The van der Waals surface area contributed by atoms with E-state index in [1.54, 1.807) is 0 Å². The minimum atomic E-state index is -1.83. The monoisotopic (exact) mass is 312 g/mol. The van der Waals surface area contributed by atoms with Crippen molar-refractivity contribution in [3.63, 3.8) is 0 Å². The third kappa shape index (κ3) is 2.18. The Kier molecular flexibility index (Phi) is 3.37. The molecule has 2 aliphatic rings. The Labute approximate surface area is 125 Å². The molecule has 0 radical (unpaired) electrons. The lowest BCUT2D eigenvalue weighted by Crippen LogP contribution is -2.49. The van der Waals surface area contributed by atoms with Crippen LogP contribution in [0.25, 0.3) is 0 Å². The predicted octanol–water partition coefficient (Wildman–Crippen LogP) is 1.70. The summed E-state index contributed by atoms with van der Waals surface area (Å²) in [5, 5.41) is 12.1. The number of carbonyl (C=O) groups is 2. The number of anilines is 1. The molecule has 1 amide bonds. The van der Waals surface area contributed by atoms with Crippen LogP contribution >= 0.6 is 11.6 Å². The summed E-state index contributed by atoms with van der Waals surface area (Å²) in [7, 11) is 0. The van der Waals surface area contributed by atoms with Crippen molar-refractivity contribution in [1.29, 1.82) is 0 Å². The fourth-order valence-electron chi connectivity index (χ4n) is 3.00. The van der Waals surface area contributed by atoms with Crippen molar-refractivity contribution < 1.29 is 19.1 Å². The second-order valence-electron chi connectivity index (χ2n) is 5.40. The number of carbonyl (C=O) groups excluding carboxylic acids is 1. The number of rotatable bonds is 2. The normalized spacial score (nSPS) is 28.6. The zero-order valence-corrected chi connectivity index (χ0v) is 11.9. The number of nitrogens with one attached hydrogen (secondary N) is 1. The molecule has 21 heavy (non-hydrogen) atoms. The third-order valence-corrected chi connectivity index (χ3v) is 4.51. The van der Waals surface area contributed by atoms with Crippen molar-refractivity contribution in [2.75, 3.05) is 24.5 Å². The molecule has 5 nitrogen and oxygen atoms in total. The standard InChI is InChI=1S/C14H14ClFN2O3/c15-11-5-9(1-2-10(11)12(19)20)18-7-8-6-17-4-3-14(8,16)13(18)21/h1-2,5,8,17H,3-4,6-7H2,(H,19,20)/t8-,14+/m1/s1. The lowest BCUT2D eigenvalue weighted by Gasteiger charge is -2.29. The molecule has 2 saturated heterocycles. The van der Waals surface area contributed by atoms with Crippen LogP contribution < -0.4 is 10.2 Å². The van der Waals surface area contributed by atoms with Crippen LogP contribution in [0.2, 0.25) is 5.02 Å². The van der Waals surface area contributed by atoms with E-state index in [4.69, 9.17) is 16.7 Å². The molecule has 2 atom stereocenters. The number of aromatic carboxylic acids is 1. The van der Waals surface area contributed by atoms with Crippen LogP contribution in [0.3, 0.4) is 0 Å². The largest absolute Gasteiger partial charge is 0.478 e. The Morgan fingerprint density at radius 2 is 2.29 bits per heavy atom. The number of halogens is 2. The number of piperidine rings is 1. The first kappa shape index (κ1) is 14.3. The predicted molar refractivity (Wildman–Crippen MR) is 75.6 cm³/mol. The number of nitrogens with zero attached hydrogens (tertiary/aromatic N) is 1. The average Bonchev–Trinajstić information content (AvgIpc) is 2.71. The van der Waals surface area contributed by atoms with Gasteiger partial charge in [-0.25, -0.2) is 9.18 Å². The highest BCUT2D eigenvalue weighted by Crippen LogP contribution is 2.40. The second kappa shape index (κ2) is 4.96. The molecule has 7 heteroatoms. The Balaban J connectivity index is 1.93. The first-order valence-corrected chi connectivity index (χ1v) is 7.06. The van der Waals surface area contributed by atoms with E-state index in [2.05, 4.69) is 5.32 Å². The molecule has 112 valence electrons. The van der Waals surface area contributed by atoms with E-state index in [9.17, 15) is 14.0 Å². The zero-order valence-electron chi connectivity index (χ0n) is 11.1. The first-order valence-electron chi connectivity index (χ1n) is 6.68. The highest BCUT2D eigenvalue weighted by molar-refractivity contribution is 6.33. The Bertz CT molecular complexity index is 624. The summed E-state index contributed by atoms with van der Waals surface area (Å²) in [6.07, 6.45) is 0.161. The van der Waals surface area contributed by atoms with Crippen LogP contribution in [0, 0.1) is 5.92 Å². The zero-order chi connectivity index (χ0) is 15.2. The average molecular weight is 313 g/mol. The molecule has 0 bridgehead atoms. The number of benzene rings is 1. The number of carboxylic acid groups (broad SMARTS) is 1. The molecular weight excluding hydrogens is 299 g/mol. The first-order chi connectivity index (χ1) is 9.93. The summed E-state index contributed by atoms with van der Waals surface area (Å²) in [4.78, 5) is 24.7. The van der Waals surface area contributed by atoms with Gasteiger partial charge in [-0.05, 0) is 24.7 Å². The molecule has 3 rings (SSSR count). The summed E-state index contributed by atoms with van der Waals surface area (Å²) >= 11 is 5.91. The summed E-state index contributed by atoms with van der Waals surface area (Å²) in [6, 6.07) is 4.22. The Hall–Kier alpha value is -1.66. The number of alkyl halides is 1. The molecule has 0 aliphatic carbocycles. The molecule has 2 fully saturated rings. The Morgan fingerprint density at radius 1 is 1.52 bits per heavy atom. The summed E-state index contributed by atoms with van der Waals surface area (Å²) in [6.45, 7) is 1.20.